The van der Waals surface area contributed by atoms with Crippen molar-refractivity contribution in [3.63, 3.8) is 0 Å². The van der Waals surface area contributed by atoms with Gasteiger partial charge in [0.1, 0.15) is 6.33 Å². The third kappa shape index (κ3) is 1.36. The van der Waals surface area contributed by atoms with E-state index in [0.717, 1.165) is 25.2 Å². The first-order valence-corrected chi connectivity index (χ1v) is 5.48. The SMILES string of the molecule is CN1CC=C(n2cnc3c2CNC3=O)CC1. The summed E-state index contributed by atoms with van der Waals surface area (Å²) in [7, 11) is 2.11. The van der Waals surface area contributed by atoms with E-state index in [0.29, 0.717) is 12.2 Å². The summed E-state index contributed by atoms with van der Waals surface area (Å²) in [5.74, 6) is -0.0534. The minimum atomic E-state index is -0.0534. The zero-order valence-corrected chi connectivity index (χ0v) is 9.23. The van der Waals surface area contributed by atoms with Crippen molar-refractivity contribution in [1.29, 1.82) is 0 Å². The summed E-state index contributed by atoms with van der Waals surface area (Å²) in [5.41, 5.74) is 2.84. The van der Waals surface area contributed by atoms with Crippen molar-refractivity contribution in [3.05, 3.63) is 23.8 Å². The quantitative estimate of drug-likeness (QED) is 0.737. The summed E-state index contributed by atoms with van der Waals surface area (Å²) in [5, 5.41) is 2.79. The van der Waals surface area contributed by atoms with Crippen LogP contribution >= 0.6 is 0 Å². The smallest absolute Gasteiger partial charge is 0.272 e. The Morgan fingerprint density at radius 3 is 3.12 bits per heavy atom. The highest BCUT2D eigenvalue weighted by molar-refractivity contribution is 5.96. The number of nitrogens with one attached hydrogen (secondary N) is 1. The molecule has 3 heterocycles. The highest BCUT2D eigenvalue weighted by Crippen LogP contribution is 2.22. The molecule has 0 spiro atoms. The highest BCUT2D eigenvalue weighted by Gasteiger charge is 2.25. The van der Waals surface area contributed by atoms with Gasteiger partial charge in [-0.3, -0.25) is 4.79 Å². The minimum absolute atomic E-state index is 0.0534. The van der Waals surface area contributed by atoms with Gasteiger partial charge in [0.2, 0.25) is 0 Å². The molecule has 3 rings (SSSR count). The van der Waals surface area contributed by atoms with Gasteiger partial charge in [-0.05, 0) is 7.05 Å². The molecule has 1 amide bonds. The number of nitrogens with zero attached hydrogens (tertiary/aromatic N) is 3. The largest absolute Gasteiger partial charge is 0.345 e. The lowest BCUT2D eigenvalue weighted by Gasteiger charge is -2.23. The van der Waals surface area contributed by atoms with Crippen LogP contribution in [0.4, 0.5) is 0 Å². The van der Waals surface area contributed by atoms with Gasteiger partial charge in [-0.15, -0.1) is 0 Å². The van der Waals surface area contributed by atoms with E-state index in [1.54, 1.807) is 6.33 Å². The molecule has 0 aromatic carbocycles. The van der Waals surface area contributed by atoms with Gasteiger partial charge in [0, 0.05) is 25.2 Å². The number of carbonyl (C=O) groups is 1. The molecule has 0 atom stereocenters. The number of hydrogen-bond acceptors (Lipinski definition) is 3. The molecular weight excluding hydrogens is 204 g/mol. The molecule has 1 aromatic heterocycles. The Morgan fingerprint density at radius 2 is 2.38 bits per heavy atom. The lowest BCUT2D eigenvalue weighted by Crippen LogP contribution is -2.25. The number of carbonyl (C=O) groups excluding carboxylic acids is 1. The zero-order chi connectivity index (χ0) is 11.1. The molecule has 5 nitrogen and oxygen atoms in total. The van der Waals surface area contributed by atoms with Gasteiger partial charge in [-0.25, -0.2) is 4.98 Å². The van der Waals surface area contributed by atoms with Crippen LogP contribution in [0.25, 0.3) is 5.70 Å². The van der Waals surface area contributed by atoms with E-state index in [1.807, 2.05) is 0 Å². The second kappa shape index (κ2) is 3.45. The third-order valence-electron chi connectivity index (χ3n) is 3.20. The number of fused-ring (bicyclic) bond motifs is 1. The third-order valence-corrected chi connectivity index (χ3v) is 3.20. The van der Waals surface area contributed by atoms with Crippen molar-refractivity contribution < 1.29 is 4.79 Å². The van der Waals surface area contributed by atoms with Gasteiger partial charge in [0.25, 0.3) is 5.91 Å². The molecule has 0 bridgehead atoms. The number of hydrogen-bond donors (Lipinski definition) is 1. The molecule has 1 N–H and O–H groups in total. The van der Waals surface area contributed by atoms with E-state index >= 15 is 0 Å². The van der Waals surface area contributed by atoms with E-state index < -0.39 is 0 Å². The van der Waals surface area contributed by atoms with Crippen molar-refractivity contribution in [2.24, 2.45) is 0 Å². The number of aromatic nitrogens is 2. The Hall–Kier alpha value is -1.62. The summed E-state index contributed by atoms with van der Waals surface area (Å²) in [4.78, 5) is 17.8. The first-order valence-electron chi connectivity index (χ1n) is 5.48. The van der Waals surface area contributed by atoms with Crippen molar-refractivity contribution in [2.45, 2.75) is 13.0 Å². The average Bonchev–Trinajstić information content (AvgIpc) is 2.84. The summed E-state index contributed by atoms with van der Waals surface area (Å²) in [6, 6.07) is 0. The van der Waals surface area contributed by atoms with E-state index in [-0.39, 0.29) is 5.91 Å². The molecule has 0 aliphatic carbocycles. The minimum Gasteiger partial charge on any atom is -0.345 e. The standard InChI is InChI=1S/C11H14N4O/c1-14-4-2-8(3-5-14)15-7-13-10-9(15)6-12-11(10)16/h2,7H,3-6H2,1H3,(H,12,16). The summed E-state index contributed by atoms with van der Waals surface area (Å²) < 4.78 is 2.06. The summed E-state index contributed by atoms with van der Waals surface area (Å²) in [6.07, 6.45) is 4.97. The second-order valence-corrected chi connectivity index (χ2v) is 4.30. The van der Waals surface area contributed by atoms with Crippen molar-refractivity contribution >= 4 is 11.6 Å². The first kappa shape index (κ1) is 9.59. The Balaban J connectivity index is 1.96. The van der Waals surface area contributed by atoms with Crippen LogP contribution in [0.15, 0.2) is 12.4 Å². The van der Waals surface area contributed by atoms with E-state index in [2.05, 4.69) is 32.9 Å². The summed E-state index contributed by atoms with van der Waals surface area (Å²) >= 11 is 0. The van der Waals surface area contributed by atoms with Crippen LogP contribution in [0.1, 0.15) is 22.6 Å². The van der Waals surface area contributed by atoms with Crippen molar-refractivity contribution in [1.82, 2.24) is 19.8 Å². The maximum absolute atomic E-state index is 11.4. The fourth-order valence-electron chi connectivity index (χ4n) is 2.21. The number of amides is 1. The molecule has 16 heavy (non-hydrogen) atoms. The van der Waals surface area contributed by atoms with Crippen LogP contribution in [-0.4, -0.2) is 40.5 Å². The number of imidazole rings is 1. The molecule has 5 heteroatoms. The number of likely N-dealkylation sites (N-methyl/N-ethyl adjacent to an activating group) is 1. The lowest BCUT2D eigenvalue weighted by atomic mass is 10.2. The second-order valence-electron chi connectivity index (χ2n) is 4.30. The molecule has 2 aliphatic heterocycles. The fourth-order valence-corrected chi connectivity index (χ4v) is 2.21. The van der Waals surface area contributed by atoms with Crippen LogP contribution in [0, 0.1) is 0 Å². The predicted octanol–water partition coefficient (Wildman–Crippen LogP) is 0.303. The normalized spacial score (nSPS) is 20.6. The summed E-state index contributed by atoms with van der Waals surface area (Å²) in [6.45, 7) is 2.62. The average molecular weight is 218 g/mol. The lowest BCUT2D eigenvalue weighted by molar-refractivity contribution is 0.0961. The van der Waals surface area contributed by atoms with Crippen LogP contribution < -0.4 is 5.32 Å². The van der Waals surface area contributed by atoms with Crippen molar-refractivity contribution in [3.8, 4) is 0 Å². The van der Waals surface area contributed by atoms with Crippen LogP contribution in [0.5, 0.6) is 0 Å². The molecule has 0 radical (unpaired) electrons. The zero-order valence-electron chi connectivity index (χ0n) is 9.23. The van der Waals surface area contributed by atoms with Crippen molar-refractivity contribution in [2.75, 3.05) is 20.1 Å². The van der Waals surface area contributed by atoms with E-state index in [4.69, 9.17) is 0 Å². The molecule has 0 saturated heterocycles. The van der Waals surface area contributed by atoms with Crippen LogP contribution in [-0.2, 0) is 6.54 Å². The van der Waals surface area contributed by atoms with Gasteiger partial charge in [-0.2, -0.15) is 0 Å². The van der Waals surface area contributed by atoms with E-state index in [9.17, 15) is 4.79 Å². The highest BCUT2D eigenvalue weighted by atomic mass is 16.2. The Morgan fingerprint density at radius 1 is 1.50 bits per heavy atom. The molecular formula is C11H14N4O. The molecule has 0 unspecified atom stereocenters. The molecule has 84 valence electrons. The van der Waals surface area contributed by atoms with Crippen LogP contribution in [0.3, 0.4) is 0 Å². The van der Waals surface area contributed by atoms with Gasteiger partial charge in [0.15, 0.2) is 5.69 Å². The number of rotatable bonds is 1. The van der Waals surface area contributed by atoms with Gasteiger partial charge < -0.3 is 14.8 Å². The molecule has 2 aliphatic rings. The molecule has 0 fully saturated rings. The monoisotopic (exact) mass is 218 g/mol. The Bertz CT molecular complexity index is 474. The predicted molar refractivity (Wildman–Crippen MR) is 59.8 cm³/mol. The Labute approximate surface area is 93.8 Å². The van der Waals surface area contributed by atoms with Gasteiger partial charge in [0.05, 0.1) is 12.2 Å². The van der Waals surface area contributed by atoms with Gasteiger partial charge in [-0.1, -0.05) is 6.08 Å². The topological polar surface area (TPSA) is 50.2 Å². The first-order chi connectivity index (χ1) is 7.75. The Kier molecular flexibility index (Phi) is 2.07. The maximum Gasteiger partial charge on any atom is 0.272 e. The van der Waals surface area contributed by atoms with Gasteiger partial charge >= 0.3 is 0 Å². The fraction of sp³-hybridized carbons (Fsp3) is 0.455. The molecule has 0 saturated carbocycles. The van der Waals surface area contributed by atoms with E-state index in [1.165, 1.54) is 5.70 Å². The molecule has 1 aromatic rings. The van der Waals surface area contributed by atoms with Crippen LogP contribution in [0.2, 0.25) is 0 Å². The maximum atomic E-state index is 11.4.